The van der Waals surface area contributed by atoms with Gasteiger partial charge in [-0.1, -0.05) is 197 Å². The van der Waals surface area contributed by atoms with Crippen LogP contribution >= 0.6 is 0 Å². The van der Waals surface area contributed by atoms with Crippen molar-refractivity contribution in [3.63, 3.8) is 0 Å². The van der Waals surface area contributed by atoms with Gasteiger partial charge < -0.3 is 0 Å². The molecule has 0 radical (unpaired) electrons. The van der Waals surface area contributed by atoms with Crippen molar-refractivity contribution in [2.45, 2.75) is 174 Å². The molecule has 0 aromatic carbocycles. The zero-order chi connectivity index (χ0) is 29.9. The highest BCUT2D eigenvalue weighted by molar-refractivity contribution is 6.45. The Morgan fingerprint density at radius 3 is 1.10 bits per heavy atom. The monoisotopic (exact) mass is 567 g/mol. The molecule has 0 bridgehead atoms. The molecule has 0 aromatic heterocycles. The minimum atomic E-state index is -0.462. The fourth-order valence-corrected chi connectivity index (χ4v) is 4.96. The topological polar surface area (TPSA) is 34.1 Å². The molecule has 41 heavy (non-hydrogen) atoms. The number of hydrogen-bond donors (Lipinski definition) is 0. The van der Waals surface area contributed by atoms with E-state index < -0.39 is 11.6 Å². The molecule has 0 rings (SSSR count). The zero-order valence-electron chi connectivity index (χ0n) is 27.3. The van der Waals surface area contributed by atoms with Crippen LogP contribution in [0.3, 0.4) is 0 Å². The largest absolute Gasteiger partial charge is 0.286 e. The van der Waals surface area contributed by atoms with E-state index in [1.807, 2.05) is 24.3 Å². The Morgan fingerprint density at radius 1 is 0.341 bits per heavy atom. The molecule has 234 valence electrons. The summed E-state index contributed by atoms with van der Waals surface area (Å²) in [6.07, 6.45) is 51.3. The predicted molar refractivity (Wildman–Crippen MR) is 182 cm³/mol. The number of carbonyl (C=O) groups excluding carboxylic acids is 2. The van der Waals surface area contributed by atoms with Crippen molar-refractivity contribution in [2.24, 2.45) is 0 Å². The smallest absolute Gasteiger partial charge is 0.225 e. The van der Waals surface area contributed by atoms with Crippen LogP contribution in [0.5, 0.6) is 0 Å². The molecule has 0 saturated carbocycles. The molecular formula is C39H66O2. The lowest BCUT2D eigenvalue weighted by Gasteiger charge is -2.02. The van der Waals surface area contributed by atoms with Gasteiger partial charge in [-0.2, -0.15) is 0 Å². The first-order chi connectivity index (χ1) is 20.2. The maximum Gasteiger partial charge on any atom is 0.225 e. The first-order valence-corrected chi connectivity index (χ1v) is 17.6. The van der Waals surface area contributed by atoms with E-state index in [4.69, 9.17) is 0 Å². The van der Waals surface area contributed by atoms with Gasteiger partial charge in [0.25, 0.3) is 0 Å². The minimum absolute atomic E-state index is 0.436. The standard InChI is InChI=1S/C39H66O2/c1-3-5-7-9-11-13-15-17-19-20-21-22-23-25-27-29-31-33-35-37-39(41)38(40)36-34-32-30-28-26-24-18-16-14-12-10-8-6-4-2/h23,25,27,29,31,33-37H,3-22,24,26,28,30,32H2,1-2H3/b25-23+,29-27-,33-31+,36-34+,37-35+. The Kier molecular flexibility index (Phi) is 32.6. The van der Waals surface area contributed by atoms with Crippen LogP contribution in [0, 0.1) is 0 Å². The van der Waals surface area contributed by atoms with Crippen LogP contribution in [0.4, 0.5) is 0 Å². The third-order valence-electron chi connectivity index (χ3n) is 7.65. The van der Waals surface area contributed by atoms with Crippen molar-refractivity contribution >= 4 is 11.6 Å². The van der Waals surface area contributed by atoms with Gasteiger partial charge in [0, 0.05) is 0 Å². The lowest BCUT2D eigenvalue weighted by Crippen LogP contribution is -2.06. The number of carbonyl (C=O) groups is 2. The van der Waals surface area contributed by atoms with Crippen molar-refractivity contribution in [1.82, 2.24) is 0 Å². The first-order valence-electron chi connectivity index (χ1n) is 17.6. The van der Waals surface area contributed by atoms with Gasteiger partial charge >= 0.3 is 0 Å². The van der Waals surface area contributed by atoms with Gasteiger partial charge in [-0.3, -0.25) is 9.59 Å². The third-order valence-corrected chi connectivity index (χ3v) is 7.65. The van der Waals surface area contributed by atoms with Crippen LogP contribution in [0.2, 0.25) is 0 Å². The molecule has 0 aliphatic heterocycles. The highest BCUT2D eigenvalue weighted by Gasteiger charge is 2.04. The summed E-state index contributed by atoms with van der Waals surface area (Å²) in [7, 11) is 0. The molecular weight excluding hydrogens is 500 g/mol. The maximum atomic E-state index is 11.9. The van der Waals surface area contributed by atoms with Crippen LogP contribution in [-0.4, -0.2) is 11.6 Å². The molecule has 0 heterocycles. The van der Waals surface area contributed by atoms with Gasteiger partial charge in [0.1, 0.15) is 0 Å². The predicted octanol–water partition coefficient (Wildman–Crippen LogP) is 12.7. The summed E-state index contributed by atoms with van der Waals surface area (Å²) in [5, 5.41) is 0. The van der Waals surface area contributed by atoms with Crippen LogP contribution in [0.15, 0.2) is 60.8 Å². The highest BCUT2D eigenvalue weighted by atomic mass is 16.2. The quantitative estimate of drug-likeness (QED) is 0.0362. The normalized spacial score (nSPS) is 12.3. The van der Waals surface area contributed by atoms with Crippen LogP contribution in [0.1, 0.15) is 174 Å². The summed E-state index contributed by atoms with van der Waals surface area (Å²) in [5.41, 5.74) is 0. The summed E-state index contributed by atoms with van der Waals surface area (Å²) >= 11 is 0. The number of allylic oxidation sites excluding steroid dienone is 10. The van der Waals surface area contributed by atoms with E-state index in [0.717, 1.165) is 19.3 Å². The average Bonchev–Trinajstić information content (AvgIpc) is 2.98. The van der Waals surface area contributed by atoms with Gasteiger partial charge in [0.15, 0.2) is 0 Å². The second-order valence-electron chi connectivity index (χ2n) is 11.7. The van der Waals surface area contributed by atoms with E-state index in [1.165, 1.54) is 153 Å². The molecule has 0 N–H and O–H groups in total. The Balaban J connectivity index is 3.63. The average molecular weight is 567 g/mol. The van der Waals surface area contributed by atoms with E-state index in [2.05, 4.69) is 26.0 Å². The first kappa shape index (κ1) is 39.0. The van der Waals surface area contributed by atoms with E-state index in [1.54, 1.807) is 12.2 Å². The Bertz CT molecular complexity index is 722. The third kappa shape index (κ3) is 32.4. The summed E-state index contributed by atoms with van der Waals surface area (Å²) in [5.74, 6) is -0.897. The van der Waals surface area contributed by atoms with Crippen molar-refractivity contribution in [1.29, 1.82) is 0 Å². The number of rotatable bonds is 31. The molecule has 0 aromatic rings. The number of hydrogen-bond acceptors (Lipinski definition) is 2. The van der Waals surface area contributed by atoms with Crippen LogP contribution in [-0.2, 0) is 9.59 Å². The highest BCUT2D eigenvalue weighted by Crippen LogP contribution is 2.13. The summed E-state index contributed by atoms with van der Waals surface area (Å²) in [4.78, 5) is 23.9. The van der Waals surface area contributed by atoms with Crippen molar-refractivity contribution in [2.75, 3.05) is 0 Å². The molecule has 2 heteroatoms. The maximum absolute atomic E-state index is 11.9. The lowest BCUT2D eigenvalue weighted by atomic mass is 10.0. The van der Waals surface area contributed by atoms with Crippen LogP contribution < -0.4 is 0 Å². The molecule has 0 fully saturated rings. The minimum Gasteiger partial charge on any atom is -0.286 e. The molecule has 0 saturated heterocycles. The zero-order valence-corrected chi connectivity index (χ0v) is 27.3. The molecule has 0 aliphatic carbocycles. The van der Waals surface area contributed by atoms with Crippen LogP contribution in [0.25, 0.3) is 0 Å². The Hall–Kier alpha value is -1.96. The molecule has 2 nitrogen and oxygen atoms in total. The lowest BCUT2D eigenvalue weighted by molar-refractivity contribution is -0.130. The van der Waals surface area contributed by atoms with Gasteiger partial charge in [0.2, 0.25) is 11.6 Å². The SMILES string of the molecule is CCCCCCCCCCCCC/C=C/C=C\C=C\C=C\C(=O)C(=O)/C=C/CCCCCCCCCCCCCC. The van der Waals surface area contributed by atoms with Gasteiger partial charge in [-0.25, -0.2) is 0 Å². The Morgan fingerprint density at radius 2 is 0.659 bits per heavy atom. The molecule has 0 amide bonds. The second-order valence-corrected chi connectivity index (χ2v) is 11.7. The van der Waals surface area contributed by atoms with Gasteiger partial charge in [-0.15, -0.1) is 0 Å². The van der Waals surface area contributed by atoms with Crippen molar-refractivity contribution in [3.8, 4) is 0 Å². The molecule has 0 aliphatic rings. The molecule has 0 unspecified atom stereocenters. The molecule has 0 atom stereocenters. The van der Waals surface area contributed by atoms with E-state index in [9.17, 15) is 9.59 Å². The second kappa shape index (κ2) is 34.2. The Labute approximate surface area is 255 Å². The van der Waals surface area contributed by atoms with E-state index in [-0.39, 0.29) is 0 Å². The van der Waals surface area contributed by atoms with Gasteiger partial charge in [0.05, 0.1) is 0 Å². The van der Waals surface area contributed by atoms with Crippen molar-refractivity contribution in [3.05, 3.63) is 60.8 Å². The number of unbranched alkanes of at least 4 members (excludes halogenated alkanes) is 23. The van der Waals surface area contributed by atoms with E-state index >= 15 is 0 Å². The van der Waals surface area contributed by atoms with E-state index in [0.29, 0.717) is 0 Å². The summed E-state index contributed by atoms with van der Waals surface area (Å²) < 4.78 is 0. The van der Waals surface area contributed by atoms with Crippen molar-refractivity contribution < 1.29 is 9.59 Å². The summed E-state index contributed by atoms with van der Waals surface area (Å²) in [6, 6.07) is 0. The molecule has 0 spiro atoms. The summed E-state index contributed by atoms with van der Waals surface area (Å²) in [6.45, 7) is 4.54. The number of ketones is 2. The fourth-order valence-electron chi connectivity index (χ4n) is 4.96. The van der Waals surface area contributed by atoms with Gasteiger partial charge in [-0.05, 0) is 37.8 Å². The fraction of sp³-hybridized carbons (Fsp3) is 0.692.